The molecule has 142 valence electrons. The number of aryl methyl sites for hydroxylation is 2. The first-order valence-corrected chi connectivity index (χ1v) is 8.87. The minimum atomic E-state index is -0.326. The Morgan fingerprint density at radius 2 is 2.00 bits per heavy atom. The Bertz CT molecular complexity index is 879. The highest BCUT2D eigenvalue weighted by Crippen LogP contribution is 2.02. The zero-order valence-electron chi connectivity index (χ0n) is 16.1. The molecule has 0 atom stereocenters. The third-order valence-corrected chi connectivity index (χ3v) is 4.09. The Balaban J connectivity index is 2.02. The Morgan fingerprint density at radius 1 is 1.26 bits per heavy atom. The number of ether oxygens (including phenoxy) is 1. The molecule has 0 bridgehead atoms. The van der Waals surface area contributed by atoms with Gasteiger partial charge >= 0.3 is 5.69 Å². The SMILES string of the molecule is COCCN(CC#Cc1ccccc1)C(=O)CCn1c(C)cc(C)nc1=O. The molecule has 1 aromatic heterocycles. The van der Waals surface area contributed by atoms with Crippen molar-refractivity contribution in [2.45, 2.75) is 26.8 Å². The van der Waals surface area contributed by atoms with Crippen LogP contribution in [-0.2, 0) is 16.1 Å². The summed E-state index contributed by atoms with van der Waals surface area (Å²) in [6.45, 7) is 5.13. The zero-order chi connectivity index (χ0) is 19.6. The van der Waals surface area contributed by atoms with E-state index in [1.54, 1.807) is 18.9 Å². The molecule has 2 rings (SSSR count). The van der Waals surface area contributed by atoms with E-state index in [0.29, 0.717) is 31.9 Å². The van der Waals surface area contributed by atoms with Gasteiger partial charge in [-0.2, -0.15) is 4.98 Å². The van der Waals surface area contributed by atoms with Gasteiger partial charge in [0.05, 0.1) is 13.2 Å². The van der Waals surface area contributed by atoms with Crippen LogP contribution in [0.15, 0.2) is 41.2 Å². The maximum Gasteiger partial charge on any atom is 0.347 e. The van der Waals surface area contributed by atoms with Crippen molar-refractivity contribution in [3.8, 4) is 11.8 Å². The minimum absolute atomic E-state index is 0.0683. The van der Waals surface area contributed by atoms with Gasteiger partial charge in [-0.1, -0.05) is 30.0 Å². The van der Waals surface area contributed by atoms with E-state index in [1.165, 1.54) is 4.57 Å². The summed E-state index contributed by atoms with van der Waals surface area (Å²) in [6, 6.07) is 11.5. The van der Waals surface area contributed by atoms with Crippen LogP contribution in [0.5, 0.6) is 0 Å². The second-order valence-electron chi connectivity index (χ2n) is 6.20. The molecule has 0 spiro atoms. The standard InChI is InChI=1S/C21H25N3O3/c1-17-16-18(2)24(21(26)22-17)13-11-20(25)23(14-15-27-3)12-7-10-19-8-5-4-6-9-19/h4-6,8-9,16H,11-15H2,1-3H3. The fourth-order valence-corrected chi connectivity index (χ4v) is 2.66. The van der Waals surface area contributed by atoms with Crippen LogP contribution in [0.2, 0.25) is 0 Å². The second kappa shape index (κ2) is 10.3. The fourth-order valence-electron chi connectivity index (χ4n) is 2.66. The van der Waals surface area contributed by atoms with Crippen molar-refractivity contribution >= 4 is 5.91 Å². The quantitative estimate of drug-likeness (QED) is 0.700. The molecule has 27 heavy (non-hydrogen) atoms. The number of benzene rings is 1. The highest BCUT2D eigenvalue weighted by Gasteiger charge is 2.13. The Hall–Kier alpha value is -2.91. The van der Waals surface area contributed by atoms with Crippen molar-refractivity contribution in [1.29, 1.82) is 0 Å². The lowest BCUT2D eigenvalue weighted by molar-refractivity contribution is -0.131. The fraction of sp³-hybridized carbons (Fsp3) is 0.381. The summed E-state index contributed by atoms with van der Waals surface area (Å²) in [6.07, 6.45) is 0.211. The van der Waals surface area contributed by atoms with Crippen LogP contribution in [0.25, 0.3) is 0 Å². The molecule has 6 heteroatoms. The van der Waals surface area contributed by atoms with Gasteiger partial charge in [0.15, 0.2) is 0 Å². The lowest BCUT2D eigenvalue weighted by Gasteiger charge is -2.20. The molecule has 0 aliphatic carbocycles. The number of carbonyl (C=O) groups is 1. The van der Waals surface area contributed by atoms with E-state index >= 15 is 0 Å². The van der Waals surface area contributed by atoms with Crippen molar-refractivity contribution in [2.75, 3.05) is 26.8 Å². The summed E-state index contributed by atoms with van der Waals surface area (Å²) in [5.41, 5.74) is 2.06. The first-order valence-electron chi connectivity index (χ1n) is 8.87. The molecular weight excluding hydrogens is 342 g/mol. The minimum Gasteiger partial charge on any atom is -0.383 e. The molecule has 1 aromatic carbocycles. The molecule has 0 fully saturated rings. The summed E-state index contributed by atoms with van der Waals surface area (Å²) in [4.78, 5) is 30.2. The summed E-state index contributed by atoms with van der Waals surface area (Å²) in [5, 5.41) is 0. The average Bonchev–Trinajstić information content (AvgIpc) is 2.64. The van der Waals surface area contributed by atoms with Crippen LogP contribution in [0.3, 0.4) is 0 Å². The van der Waals surface area contributed by atoms with Crippen LogP contribution >= 0.6 is 0 Å². The normalized spacial score (nSPS) is 10.2. The molecule has 2 aromatic rings. The van der Waals surface area contributed by atoms with E-state index in [4.69, 9.17) is 4.74 Å². The van der Waals surface area contributed by atoms with E-state index < -0.39 is 0 Å². The largest absolute Gasteiger partial charge is 0.383 e. The summed E-state index contributed by atoms with van der Waals surface area (Å²) in [7, 11) is 1.60. The van der Waals surface area contributed by atoms with Crippen LogP contribution < -0.4 is 5.69 Å². The maximum atomic E-state index is 12.6. The van der Waals surface area contributed by atoms with Gasteiger partial charge in [0.25, 0.3) is 0 Å². The number of nitrogens with zero attached hydrogens (tertiary/aromatic N) is 3. The van der Waals surface area contributed by atoms with Gasteiger partial charge in [-0.15, -0.1) is 0 Å². The summed E-state index contributed by atoms with van der Waals surface area (Å²) >= 11 is 0. The zero-order valence-corrected chi connectivity index (χ0v) is 16.1. The third-order valence-electron chi connectivity index (χ3n) is 4.09. The third kappa shape index (κ3) is 6.39. The predicted molar refractivity (Wildman–Crippen MR) is 104 cm³/mol. The van der Waals surface area contributed by atoms with E-state index in [1.807, 2.05) is 43.3 Å². The number of rotatable bonds is 7. The molecule has 1 amide bonds. The Kier molecular flexibility index (Phi) is 7.78. The number of carbonyl (C=O) groups excluding carboxylic acids is 1. The van der Waals surface area contributed by atoms with Gasteiger partial charge in [-0.05, 0) is 32.0 Å². The van der Waals surface area contributed by atoms with Gasteiger partial charge in [0.1, 0.15) is 0 Å². The smallest absolute Gasteiger partial charge is 0.347 e. The molecule has 0 saturated heterocycles. The number of amides is 1. The van der Waals surface area contributed by atoms with E-state index in [9.17, 15) is 9.59 Å². The first-order chi connectivity index (χ1) is 13.0. The molecule has 0 aliphatic rings. The molecule has 1 heterocycles. The maximum absolute atomic E-state index is 12.6. The predicted octanol–water partition coefficient (Wildman–Crippen LogP) is 1.78. The van der Waals surface area contributed by atoms with Crippen molar-refractivity contribution in [1.82, 2.24) is 14.5 Å². The van der Waals surface area contributed by atoms with E-state index in [2.05, 4.69) is 16.8 Å². The lowest BCUT2D eigenvalue weighted by atomic mass is 10.2. The number of hydrogen-bond acceptors (Lipinski definition) is 4. The van der Waals surface area contributed by atoms with Crippen LogP contribution in [0.1, 0.15) is 23.4 Å². The van der Waals surface area contributed by atoms with Gasteiger partial charge in [0.2, 0.25) is 5.91 Å². The van der Waals surface area contributed by atoms with Crippen LogP contribution in [0, 0.1) is 25.7 Å². The van der Waals surface area contributed by atoms with Gasteiger partial charge < -0.3 is 9.64 Å². The number of methoxy groups -OCH3 is 1. The van der Waals surface area contributed by atoms with Crippen molar-refractivity contribution in [2.24, 2.45) is 0 Å². The van der Waals surface area contributed by atoms with Gasteiger partial charge in [-0.25, -0.2) is 4.79 Å². The molecule has 0 N–H and O–H groups in total. The molecule has 0 saturated carbocycles. The lowest BCUT2D eigenvalue weighted by Crippen LogP contribution is -2.36. The topological polar surface area (TPSA) is 64.4 Å². The average molecular weight is 367 g/mol. The summed E-state index contributed by atoms with van der Waals surface area (Å²) < 4.78 is 6.62. The molecule has 0 aliphatic heterocycles. The van der Waals surface area contributed by atoms with Crippen LogP contribution in [0.4, 0.5) is 0 Å². The van der Waals surface area contributed by atoms with Gasteiger partial charge in [0, 0.05) is 43.6 Å². The van der Waals surface area contributed by atoms with E-state index in [-0.39, 0.29) is 18.0 Å². The number of aromatic nitrogens is 2. The van der Waals surface area contributed by atoms with Crippen molar-refractivity contribution < 1.29 is 9.53 Å². The monoisotopic (exact) mass is 367 g/mol. The summed E-state index contributed by atoms with van der Waals surface area (Å²) in [5.74, 6) is 6.03. The molecule has 0 unspecified atom stereocenters. The van der Waals surface area contributed by atoms with E-state index in [0.717, 1.165) is 11.3 Å². The number of hydrogen-bond donors (Lipinski definition) is 0. The Morgan fingerprint density at radius 3 is 2.67 bits per heavy atom. The molecular formula is C21H25N3O3. The molecule has 0 radical (unpaired) electrons. The Labute approximate surface area is 159 Å². The highest BCUT2D eigenvalue weighted by molar-refractivity contribution is 5.76. The van der Waals surface area contributed by atoms with Gasteiger partial charge in [-0.3, -0.25) is 9.36 Å². The van der Waals surface area contributed by atoms with Crippen molar-refractivity contribution in [3.63, 3.8) is 0 Å². The second-order valence-corrected chi connectivity index (χ2v) is 6.20. The first kappa shape index (κ1) is 20.4. The highest BCUT2D eigenvalue weighted by atomic mass is 16.5. The van der Waals surface area contributed by atoms with Crippen LogP contribution in [-0.4, -0.2) is 47.2 Å². The van der Waals surface area contributed by atoms with Crippen molar-refractivity contribution in [3.05, 3.63) is 63.8 Å². The molecule has 6 nitrogen and oxygen atoms in total.